The van der Waals surface area contributed by atoms with E-state index in [1.807, 2.05) is 6.92 Å². The van der Waals surface area contributed by atoms with Gasteiger partial charge >= 0.3 is 17.9 Å². The Balaban J connectivity index is 1.78. The molecule has 0 amide bonds. The van der Waals surface area contributed by atoms with Gasteiger partial charge in [0.25, 0.3) is 0 Å². The first-order valence-electron chi connectivity index (χ1n) is 15.0. The molecule has 8 nitrogen and oxygen atoms in total. The van der Waals surface area contributed by atoms with Crippen molar-refractivity contribution in [2.45, 2.75) is 52.4 Å². The first kappa shape index (κ1) is 36.5. The van der Waals surface area contributed by atoms with E-state index in [0.717, 1.165) is 0 Å². The van der Waals surface area contributed by atoms with Crippen LogP contribution in [0.2, 0.25) is 0 Å². The minimum absolute atomic E-state index is 0.0148. The molecule has 2 aromatic carbocycles. The SMILES string of the molecule is C=C(C)C(=O)OCCCOC1=CCC(C)(c2cc(OC(=O)C(=C)C)cc(-c3ccc(OCCCOC(=O)C(=C)C)c(F)c3)c2)C=C1F. The van der Waals surface area contributed by atoms with Crippen LogP contribution in [0.25, 0.3) is 11.1 Å². The van der Waals surface area contributed by atoms with E-state index in [1.54, 1.807) is 44.2 Å². The first-order chi connectivity index (χ1) is 22.2. The molecule has 0 saturated carbocycles. The summed E-state index contributed by atoms with van der Waals surface area (Å²) in [6.45, 7) is 17.6. The van der Waals surface area contributed by atoms with Crippen LogP contribution in [0.1, 0.15) is 52.5 Å². The van der Waals surface area contributed by atoms with Gasteiger partial charge in [-0.15, -0.1) is 0 Å². The number of carbonyl (C=O) groups excluding carboxylic acids is 3. The minimum atomic E-state index is -0.871. The van der Waals surface area contributed by atoms with E-state index in [4.69, 9.17) is 23.7 Å². The normalized spacial score (nSPS) is 15.4. The van der Waals surface area contributed by atoms with Crippen LogP contribution in [-0.4, -0.2) is 44.3 Å². The van der Waals surface area contributed by atoms with E-state index in [2.05, 4.69) is 19.7 Å². The summed E-state index contributed by atoms with van der Waals surface area (Å²) >= 11 is 0. The van der Waals surface area contributed by atoms with Crippen LogP contribution in [-0.2, 0) is 34.0 Å². The number of carbonyl (C=O) groups is 3. The average Bonchev–Trinajstić information content (AvgIpc) is 3.01. The fraction of sp³-hybridized carbons (Fsp3) is 0.324. The zero-order valence-corrected chi connectivity index (χ0v) is 27.2. The van der Waals surface area contributed by atoms with Gasteiger partial charge in [-0.25, -0.2) is 23.2 Å². The number of benzene rings is 2. The summed E-state index contributed by atoms with van der Waals surface area (Å²) in [6.07, 6.45) is 4.13. The lowest BCUT2D eigenvalue weighted by Crippen LogP contribution is -2.22. The lowest BCUT2D eigenvalue weighted by molar-refractivity contribution is -0.140. The van der Waals surface area contributed by atoms with Gasteiger partial charge in [-0.3, -0.25) is 0 Å². The minimum Gasteiger partial charge on any atom is -0.491 e. The molecule has 0 bridgehead atoms. The molecular weight excluding hydrogens is 610 g/mol. The molecule has 1 aliphatic carbocycles. The molecule has 0 spiro atoms. The summed E-state index contributed by atoms with van der Waals surface area (Å²) in [5.41, 5.74) is 1.50. The summed E-state index contributed by atoms with van der Waals surface area (Å²) in [5.74, 6) is -2.57. The van der Waals surface area contributed by atoms with Gasteiger partial charge in [0.15, 0.2) is 23.2 Å². The van der Waals surface area contributed by atoms with Crippen LogP contribution in [0.4, 0.5) is 8.78 Å². The fourth-order valence-corrected chi connectivity index (χ4v) is 4.35. The maximum absolute atomic E-state index is 15.3. The lowest BCUT2D eigenvalue weighted by atomic mass is 9.76. The predicted molar refractivity (Wildman–Crippen MR) is 174 cm³/mol. The van der Waals surface area contributed by atoms with Gasteiger partial charge < -0.3 is 23.7 Å². The van der Waals surface area contributed by atoms with Crippen molar-refractivity contribution in [2.75, 3.05) is 26.4 Å². The molecule has 10 heteroatoms. The Hall–Kier alpha value is -4.99. The molecule has 3 rings (SSSR count). The third-order valence-corrected chi connectivity index (χ3v) is 7.04. The van der Waals surface area contributed by atoms with E-state index in [-0.39, 0.29) is 54.8 Å². The number of hydrogen-bond donors (Lipinski definition) is 0. The Morgan fingerprint density at radius 3 is 1.91 bits per heavy atom. The molecule has 2 aromatic rings. The second-order valence-corrected chi connectivity index (χ2v) is 11.5. The van der Waals surface area contributed by atoms with E-state index >= 15 is 8.78 Å². The number of hydrogen-bond acceptors (Lipinski definition) is 8. The largest absolute Gasteiger partial charge is 0.491 e. The van der Waals surface area contributed by atoms with Crippen molar-refractivity contribution in [3.05, 3.63) is 108 Å². The van der Waals surface area contributed by atoms with Crippen molar-refractivity contribution in [3.8, 4) is 22.6 Å². The Kier molecular flexibility index (Phi) is 12.8. The highest BCUT2D eigenvalue weighted by Gasteiger charge is 2.31. The monoisotopic (exact) mass is 650 g/mol. The Morgan fingerprint density at radius 1 is 0.766 bits per heavy atom. The smallest absolute Gasteiger partial charge is 0.338 e. The number of esters is 3. The second-order valence-electron chi connectivity index (χ2n) is 11.5. The van der Waals surface area contributed by atoms with Gasteiger partial charge in [0.2, 0.25) is 0 Å². The summed E-state index contributed by atoms with van der Waals surface area (Å²) in [5, 5.41) is 0. The van der Waals surface area contributed by atoms with Crippen LogP contribution >= 0.6 is 0 Å². The highest BCUT2D eigenvalue weighted by atomic mass is 19.1. The number of allylic oxidation sites excluding steroid dienone is 3. The van der Waals surface area contributed by atoms with Gasteiger partial charge in [0.1, 0.15) is 5.75 Å². The fourth-order valence-electron chi connectivity index (χ4n) is 4.35. The predicted octanol–water partition coefficient (Wildman–Crippen LogP) is 7.79. The molecule has 0 heterocycles. The molecule has 0 radical (unpaired) electrons. The van der Waals surface area contributed by atoms with Crippen molar-refractivity contribution in [2.24, 2.45) is 0 Å². The van der Waals surface area contributed by atoms with Crippen LogP contribution < -0.4 is 9.47 Å². The molecule has 1 unspecified atom stereocenters. The molecule has 0 fully saturated rings. The summed E-state index contributed by atoms with van der Waals surface area (Å²) in [6, 6.07) is 9.43. The van der Waals surface area contributed by atoms with Gasteiger partial charge in [0.05, 0.1) is 26.4 Å². The third-order valence-electron chi connectivity index (χ3n) is 7.04. The zero-order chi connectivity index (χ0) is 34.7. The summed E-state index contributed by atoms with van der Waals surface area (Å²) in [7, 11) is 0. The molecule has 0 saturated heterocycles. The summed E-state index contributed by atoms with van der Waals surface area (Å²) in [4.78, 5) is 35.4. The molecular formula is C37H40F2O8. The van der Waals surface area contributed by atoms with E-state index in [0.29, 0.717) is 41.5 Å². The molecule has 0 aliphatic heterocycles. The standard InChI is InChI=1S/C37H40F2O8/c1-23(2)34(40)45-16-8-14-43-32-11-10-26(20-30(32)38)27-18-28(21-29(19-27)47-36(42)25(5)6)37(7)13-12-33(31(39)22-37)44-15-9-17-46-35(41)24(3)4/h10-12,18-22H,1,3,5,8-9,13-17H2,2,4,6-7H3. The Bertz CT molecular complexity index is 1620. The van der Waals surface area contributed by atoms with Crippen molar-refractivity contribution in [1.82, 2.24) is 0 Å². The third kappa shape index (κ3) is 10.5. The van der Waals surface area contributed by atoms with Crippen molar-refractivity contribution >= 4 is 17.9 Å². The van der Waals surface area contributed by atoms with Crippen LogP contribution in [0.15, 0.2) is 96.6 Å². The van der Waals surface area contributed by atoms with E-state index < -0.39 is 35.0 Å². The van der Waals surface area contributed by atoms with Crippen molar-refractivity contribution < 1.29 is 46.8 Å². The maximum atomic E-state index is 15.3. The Labute approximate surface area is 274 Å². The van der Waals surface area contributed by atoms with E-state index in [1.165, 1.54) is 25.1 Å². The van der Waals surface area contributed by atoms with Gasteiger partial charge in [-0.05, 0) is 86.4 Å². The molecule has 1 atom stereocenters. The number of halogens is 2. The maximum Gasteiger partial charge on any atom is 0.338 e. The summed E-state index contributed by atoms with van der Waals surface area (Å²) < 4.78 is 57.1. The number of ether oxygens (including phenoxy) is 5. The molecule has 47 heavy (non-hydrogen) atoms. The van der Waals surface area contributed by atoms with Gasteiger partial charge in [-0.1, -0.05) is 32.7 Å². The van der Waals surface area contributed by atoms with E-state index in [9.17, 15) is 14.4 Å². The first-order valence-corrected chi connectivity index (χ1v) is 15.0. The average molecular weight is 651 g/mol. The van der Waals surface area contributed by atoms with Crippen molar-refractivity contribution in [3.63, 3.8) is 0 Å². The molecule has 250 valence electrons. The van der Waals surface area contributed by atoms with Gasteiger partial charge in [0, 0.05) is 35.0 Å². The quantitative estimate of drug-likeness (QED) is 0.0786. The van der Waals surface area contributed by atoms with Crippen molar-refractivity contribution in [1.29, 1.82) is 0 Å². The van der Waals surface area contributed by atoms with Crippen LogP contribution in [0.5, 0.6) is 11.5 Å². The molecule has 0 N–H and O–H groups in total. The topological polar surface area (TPSA) is 97.4 Å². The molecule has 1 aliphatic rings. The second kappa shape index (κ2) is 16.5. The Morgan fingerprint density at radius 2 is 1.36 bits per heavy atom. The highest BCUT2D eigenvalue weighted by molar-refractivity contribution is 5.89. The van der Waals surface area contributed by atoms with Crippen LogP contribution in [0.3, 0.4) is 0 Å². The zero-order valence-electron chi connectivity index (χ0n) is 27.2. The van der Waals surface area contributed by atoms with Crippen LogP contribution in [0, 0.1) is 5.82 Å². The lowest BCUT2D eigenvalue weighted by Gasteiger charge is -2.30. The number of rotatable bonds is 16. The highest BCUT2D eigenvalue weighted by Crippen LogP contribution is 2.41. The van der Waals surface area contributed by atoms with Gasteiger partial charge in [-0.2, -0.15) is 0 Å². The molecule has 0 aromatic heterocycles.